The van der Waals surface area contributed by atoms with Gasteiger partial charge >= 0.3 is 6.03 Å². The van der Waals surface area contributed by atoms with Gasteiger partial charge in [0.05, 0.1) is 11.0 Å². The average Bonchev–Trinajstić information content (AvgIpc) is 2.42. The van der Waals surface area contributed by atoms with Crippen LogP contribution in [0.4, 0.5) is 10.5 Å². The second-order valence-corrected chi connectivity index (χ2v) is 3.07. The number of carbonyl (C=O) groups is 1. The van der Waals surface area contributed by atoms with Gasteiger partial charge in [-0.15, -0.1) is 0 Å². The van der Waals surface area contributed by atoms with Crippen molar-refractivity contribution in [3.8, 4) is 0 Å². The minimum absolute atomic E-state index is 0.310. The van der Waals surface area contributed by atoms with Crippen molar-refractivity contribution in [2.45, 2.75) is 13.8 Å². The number of fused-ring (bicyclic) bond motifs is 1. The number of benzene rings is 1. The van der Waals surface area contributed by atoms with Gasteiger partial charge in [-0.25, -0.2) is 4.79 Å². The Morgan fingerprint density at radius 3 is 2.69 bits per heavy atom. The summed E-state index contributed by atoms with van der Waals surface area (Å²) >= 11 is 0. The number of nitrogens with zero attached hydrogens (tertiary/aromatic N) is 2. The number of aryl methyl sites for hydroxylation is 1. The summed E-state index contributed by atoms with van der Waals surface area (Å²) < 4.78 is 0. The standard InChI is InChI=1S/C9H8N3O/c1-4-3-6-8(7(10)5(4)2)12-9(13)11-6/h3,10H,1-2H3. The predicted molar refractivity (Wildman–Crippen MR) is 46.4 cm³/mol. The highest BCUT2D eigenvalue weighted by molar-refractivity contribution is 5.78. The van der Waals surface area contributed by atoms with E-state index in [1.165, 1.54) is 0 Å². The number of hydrogen-bond acceptors (Lipinski definition) is 1. The summed E-state index contributed by atoms with van der Waals surface area (Å²) in [5.41, 5.74) is 9.83. The van der Waals surface area contributed by atoms with E-state index in [4.69, 9.17) is 5.73 Å². The maximum absolute atomic E-state index is 10.9. The summed E-state index contributed by atoms with van der Waals surface area (Å²) in [5, 5.41) is 0.936. The minimum atomic E-state index is -0.506. The molecule has 1 heterocycles. The molecule has 65 valence electrons. The van der Waals surface area contributed by atoms with Gasteiger partial charge in [0.2, 0.25) is 0 Å². The zero-order valence-corrected chi connectivity index (χ0v) is 7.38. The summed E-state index contributed by atoms with van der Waals surface area (Å²) in [6.45, 7) is 3.74. The highest BCUT2D eigenvalue weighted by atomic mass is 16.2. The van der Waals surface area contributed by atoms with Crippen molar-refractivity contribution in [1.29, 1.82) is 0 Å². The molecule has 4 nitrogen and oxygen atoms in total. The van der Waals surface area contributed by atoms with Gasteiger partial charge in [0.25, 0.3) is 0 Å². The van der Waals surface area contributed by atoms with Crippen LogP contribution >= 0.6 is 0 Å². The fourth-order valence-electron chi connectivity index (χ4n) is 1.31. The molecular formula is C9H8N3O. The Balaban J connectivity index is 2.98. The lowest BCUT2D eigenvalue weighted by atomic mass is 10.1. The van der Waals surface area contributed by atoms with Crippen LogP contribution in [-0.2, 0) is 0 Å². The number of amides is 2. The first-order chi connectivity index (χ1) is 6.09. The van der Waals surface area contributed by atoms with Gasteiger partial charge in [-0.1, -0.05) is 0 Å². The zero-order valence-electron chi connectivity index (χ0n) is 7.38. The Labute approximate surface area is 74.8 Å². The lowest BCUT2D eigenvalue weighted by Gasteiger charge is -2.00. The summed E-state index contributed by atoms with van der Waals surface area (Å²) in [6.07, 6.45) is 0. The number of carbonyl (C=O) groups excluding carboxylic acids is 1. The van der Waals surface area contributed by atoms with E-state index in [0.29, 0.717) is 16.4 Å². The molecule has 13 heavy (non-hydrogen) atoms. The minimum Gasteiger partial charge on any atom is -0.298 e. The van der Waals surface area contributed by atoms with Crippen LogP contribution in [0.2, 0.25) is 0 Å². The van der Waals surface area contributed by atoms with Crippen LogP contribution in [0.15, 0.2) is 16.1 Å². The van der Waals surface area contributed by atoms with Gasteiger partial charge in [0.1, 0.15) is 5.36 Å². The molecule has 1 aromatic carbocycles. The van der Waals surface area contributed by atoms with Crippen LogP contribution in [0.1, 0.15) is 11.1 Å². The normalized spacial score (nSPS) is 13.5. The fraction of sp³-hybridized carbons (Fsp3) is 0.222. The molecule has 0 spiro atoms. The molecule has 0 bridgehead atoms. The van der Waals surface area contributed by atoms with Crippen LogP contribution in [0.3, 0.4) is 0 Å². The summed E-state index contributed by atoms with van der Waals surface area (Å²) in [7, 11) is 0. The Bertz CT molecular complexity index is 517. The number of hydrogen-bond donors (Lipinski definition) is 0. The molecule has 1 aromatic rings. The first-order valence-electron chi connectivity index (χ1n) is 3.93. The van der Waals surface area contributed by atoms with E-state index in [1.807, 2.05) is 13.8 Å². The van der Waals surface area contributed by atoms with E-state index in [9.17, 15) is 4.79 Å². The molecule has 0 fully saturated rings. The summed E-state index contributed by atoms with van der Waals surface area (Å²) in [4.78, 5) is 18.2. The maximum Gasteiger partial charge on any atom is 0.368 e. The SMILES string of the molecule is Cc1cc2c(c([NH])c1C)=NC(=O)N=2. The molecule has 1 aliphatic heterocycles. The smallest absolute Gasteiger partial charge is 0.298 e. The zero-order chi connectivity index (χ0) is 9.59. The van der Waals surface area contributed by atoms with Gasteiger partial charge in [0.15, 0.2) is 0 Å². The Kier molecular flexibility index (Phi) is 1.45. The van der Waals surface area contributed by atoms with Crippen LogP contribution < -0.4 is 16.4 Å². The highest BCUT2D eigenvalue weighted by Crippen LogP contribution is 2.10. The third-order valence-corrected chi connectivity index (χ3v) is 2.22. The van der Waals surface area contributed by atoms with E-state index in [1.54, 1.807) is 6.07 Å². The monoisotopic (exact) mass is 174 g/mol. The molecular weight excluding hydrogens is 166 g/mol. The summed E-state index contributed by atoms with van der Waals surface area (Å²) in [5.74, 6) is 0. The molecule has 0 atom stereocenters. The van der Waals surface area contributed by atoms with Gasteiger partial charge in [-0.3, -0.25) is 5.73 Å². The van der Waals surface area contributed by atoms with Crippen molar-refractivity contribution in [1.82, 2.24) is 5.73 Å². The predicted octanol–water partition coefficient (Wildman–Crippen LogP) is 0.591. The average molecular weight is 174 g/mol. The van der Waals surface area contributed by atoms with Crippen LogP contribution in [0.25, 0.3) is 0 Å². The number of rotatable bonds is 0. The van der Waals surface area contributed by atoms with Crippen LogP contribution in [0, 0.1) is 13.8 Å². The largest absolute Gasteiger partial charge is 0.368 e. The molecule has 0 aromatic heterocycles. The third-order valence-electron chi connectivity index (χ3n) is 2.22. The Morgan fingerprint density at radius 1 is 1.31 bits per heavy atom. The third kappa shape index (κ3) is 1.02. The molecule has 1 aliphatic rings. The quantitative estimate of drug-likeness (QED) is 0.567. The van der Waals surface area contributed by atoms with Crippen LogP contribution in [-0.4, -0.2) is 6.03 Å². The van der Waals surface area contributed by atoms with Crippen molar-refractivity contribution < 1.29 is 4.79 Å². The van der Waals surface area contributed by atoms with Crippen molar-refractivity contribution >= 4 is 11.7 Å². The molecule has 0 saturated carbocycles. The van der Waals surface area contributed by atoms with E-state index in [-0.39, 0.29) is 0 Å². The molecule has 1 N–H and O–H groups in total. The van der Waals surface area contributed by atoms with E-state index in [2.05, 4.69) is 9.98 Å². The molecule has 0 saturated heterocycles. The highest BCUT2D eigenvalue weighted by Gasteiger charge is 2.11. The van der Waals surface area contributed by atoms with Crippen molar-refractivity contribution in [3.63, 3.8) is 0 Å². The summed E-state index contributed by atoms with van der Waals surface area (Å²) in [6, 6.07) is 1.28. The fourth-order valence-corrected chi connectivity index (χ4v) is 1.31. The van der Waals surface area contributed by atoms with E-state index < -0.39 is 6.03 Å². The van der Waals surface area contributed by atoms with Crippen molar-refractivity contribution in [2.75, 3.05) is 0 Å². The number of nitrogens with one attached hydrogen (secondary N) is 1. The van der Waals surface area contributed by atoms with Crippen molar-refractivity contribution in [2.24, 2.45) is 9.98 Å². The Hall–Kier alpha value is -1.71. The Morgan fingerprint density at radius 2 is 2.00 bits per heavy atom. The van der Waals surface area contributed by atoms with Gasteiger partial charge in [-0.05, 0) is 31.0 Å². The molecule has 0 unspecified atom stereocenters. The molecule has 2 amide bonds. The van der Waals surface area contributed by atoms with E-state index in [0.717, 1.165) is 11.1 Å². The topological polar surface area (TPSA) is 65.6 Å². The van der Waals surface area contributed by atoms with Crippen molar-refractivity contribution in [3.05, 3.63) is 27.9 Å². The second kappa shape index (κ2) is 2.39. The second-order valence-electron chi connectivity index (χ2n) is 3.07. The first kappa shape index (κ1) is 7.91. The van der Waals surface area contributed by atoms with Crippen LogP contribution in [0.5, 0.6) is 0 Å². The number of urea groups is 1. The molecule has 4 heteroatoms. The maximum atomic E-state index is 10.9. The molecule has 2 rings (SSSR count). The van der Waals surface area contributed by atoms with E-state index >= 15 is 0 Å². The molecule has 0 aliphatic carbocycles. The van der Waals surface area contributed by atoms with Gasteiger partial charge in [-0.2, -0.15) is 9.98 Å². The molecule has 1 radical (unpaired) electrons. The lowest BCUT2D eigenvalue weighted by Crippen LogP contribution is -2.24. The van der Waals surface area contributed by atoms with Gasteiger partial charge < -0.3 is 0 Å². The van der Waals surface area contributed by atoms with Gasteiger partial charge in [0, 0.05) is 0 Å². The first-order valence-corrected chi connectivity index (χ1v) is 3.93. The lowest BCUT2D eigenvalue weighted by molar-refractivity contribution is 0.256.